The minimum atomic E-state index is -0.558. The van der Waals surface area contributed by atoms with Gasteiger partial charge in [-0.05, 0) is 25.1 Å². The number of nitro benzene ring substituents is 1. The van der Waals surface area contributed by atoms with Gasteiger partial charge in [0.15, 0.2) is 18.1 Å². The van der Waals surface area contributed by atoms with Crippen LogP contribution in [0.2, 0.25) is 0 Å². The highest BCUT2D eigenvalue weighted by molar-refractivity contribution is 5.93. The van der Waals surface area contributed by atoms with Crippen molar-refractivity contribution in [1.29, 1.82) is 5.26 Å². The van der Waals surface area contributed by atoms with E-state index in [1.54, 1.807) is 19.1 Å². The molecule has 2 aromatic rings. The molecule has 0 saturated heterocycles. The molecule has 9 heteroatoms. The Balaban J connectivity index is 2.07. The van der Waals surface area contributed by atoms with E-state index < -0.39 is 10.8 Å². The molecular formula is C18H17N3O6. The molecule has 0 heterocycles. The summed E-state index contributed by atoms with van der Waals surface area (Å²) < 4.78 is 15.9. The van der Waals surface area contributed by atoms with Gasteiger partial charge in [0.2, 0.25) is 0 Å². The topological polar surface area (TPSA) is 124 Å². The number of nitrogens with zero attached hydrogens (tertiary/aromatic N) is 2. The average Bonchev–Trinajstić information content (AvgIpc) is 2.67. The number of carbonyl (C=O) groups is 1. The van der Waals surface area contributed by atoms with Gasteiger partial charge in [-0.3, -0.25) is 14.9 Å². The molecule has 0 radical (unpaired) electrons. The van der Waals surface area contributed by atoms with Crippen molar-refractivity contribution in [3.63, 3.8) is 0 Å². The molecule has 0 aliphatic carbocycles. The number of hydrogen-bond acceptors (Lipinski definition) is 7. The number of methoxy groups -OCH3 is 1. The number of non-ortho nitro benzene ring substituents is 1. The molecule has 1 amide bonds. The maximum Gasteiger partial charge on any atom is 0.273 e. The number of benzene rings is 2. The van der Waals surface area contributed by atoms with Gasteiger partial charge in [-0.2, -0.15) is 5.26 Å². The first-order chi connectivity index (χ1) is 13.0. The summed E-state index contributed by atoms with van der Waals surface area (Å²) in [6.07, 6.45) is 0. The lowest BCUT2D eigenvalue weighted by atomic mass is 10.2. The lowest BCUT2D eigenvalue weighted by Crippen LogP contribution is -2.20. The molecule has 9 nitrogen and oxygen atoms in total. The zero-order chi connectivity index (χ0) is 19.8. The van der Waals surface area contributed by atoms with Gasteiger partial charge in [-0.1, -0.05) is 0 Å². The van der Waals surface area contributed by atoms with E-state index in [2.05, 4.69) is 5.32 Å². The second-order valence-corrected chi connectivity index (χ2v) is 5.18. The Morgan fingerprint density at radius 1 is 1.19 bits per heavy atom. The van der Waals surface area contributed by atoms with Crippen molar-refractivity contribution >= 4 is 17.3 Å². The van der Waals surface area contributed by atoms with Crippen LogP contribution in [-0.4, -0.2) is 31.2 Å². The van der Waals surface area contributed by atoms with Crippen LogP contribution in [-0.2, 0) is 4.79 Å². The van der Waals surface area contributed by atoms with Crippen molar-refractivity contribution in [2.24, 2.45) is 0 Å². The van der Waals surface area contributed by atoms with E-state index in [0.29, 0.717) is 23.7 Å². The number of hydrogen-bond donors (Lipinski definition) is 1. The van der Waals surface area contributed by atoms with Crippen LogP contribution in [0, 0.1) is 21.4 Å². The molecule has 0 fully saturated rings. The highest BCUT2D eigenvalue weighted by Gasteiger charge is 2.14. The number of nitriles is 1. The molecule has 1 N–H and O–H groups in total. The summed E-state index contributed by atoms with van der Waals surface area (Å²) in [6, 6.07) is 10.5. The van der Waals surface area contributed by atoms with Crippen LogP contribution in [0.4, 0.5) is 11.4 Å². The molecular weight excluding hydrogens is 354 g/mol. The highest BCUT2D eigenvalue weighted by atomic mass is 16.6. The van der Waals surface area contributed by atoms with Crippen LogP contribution in [0.15, 0.2) is 36.4 Å². The van der Waals surface area contributed by atoms with Crippen LogP contribution in [0.5, 0.6) is 17.2 Å². The molecule has 0 bridgehead atoms. The Morgan fingerprint density at radius 3 is 2.59 bits per heavy atom. The average molecular weight is 371 g/mol. The highest BCUT2D eigenvalue weighted by Crippen LogP contribution is 2.30. The van der Waals surface area contributed by atoms with Gasteiger partial charge in [-0.25, -0.2) is 0 Å². The first kappa shape index (κ1) is 19.5. The van der Waals surface area contributed by atoms with E-state index in [9.17, 15) is 14.9 Å². The predicted molar refractivity (Wildman–Crippen MR) is 96.1 cm³/mol. The Labute approximate surface area is 155 Å². The van der Waals surface area contributed by atoms with Crippen LogP contribution < -0.4 is 19.5 Å². The molecule has 0 aromatic heterocycles. The fraction of sp³-hybridized carbons (Fsp3) is 0.222. The van der Waals surface area contributed by atoms with E-state index in [4.69, 9.17) is 19.5 Å². The van der Waals surface area contributed by atoms with Gasteiger partial charge in [0.25, 0.3) is 11.6 Å². The van der Waals surface area contributed by atoms with Crippen molar-refractivity contribution in [2.45, 2.75) is 6.92 Å². The minimum Gasteiger partial charge on any atom is -0.494 e. The van der Waals surface area contributed by atoms with Crippen LogP contribution in [0.3, 0.4) is 0 Å². The van der Waals surface area contributed by atoms with Crippen molar-refractivity contribution in [3.05, 3.63) is 52.1 Å². The van der Waals surface area contributed by atoms with E-state index in [0.717, 1.165) is 0 Å². The Morgan fingerprint density at radius 2 is 1.96 bits per heavy atom. The third kappa shape index (κ3) is 5.09. The van der Waals surface area contributed by atoms with Crippen LogP contribution >= 0.6 is 0 Å². The third-order valence-electron chi connectivity index (χ3n) is 3.40. The largest absolute Gasteiger partial charge is 0.494 e. The fourth-order valence-corrected chi connectivity index (χ4v) is 2.19. The number of nitrogens with one attached hydrogen (secondary N) is 1. The summed E-state index contributed by atoms with van der Waals surface area (Å²) in [5, 5.41) is 22.3. The van der Waals surface area contributed by atoms with Gasteiger partial charge >= 0.3 is 0 Å². The predicted octanol–water partition coefficient (Wildman–Crippen LogP) is 2.89. The van der Waals surface area contributed by atoms with Gasteiger partial charge in [-0.15, -0.1) is 0 Å². The maximum absolute atomic E-state index is 12.1. The summed E-state index contributed by atoms with van der Waals surface area (Å²) in [6.45, 7) is 1.83. The molecule has 0 unspecified atom stereocenters. The monoisotopic (exact) mass is 371 g/mol. The Kier molecular flexibility index (Phi) is 6.55. The van der Waals surface area contributed by atoms with Gasteiger partial charge in [0, 0.05) is 12.1 Å². The molecule has 2 rings (SSSR count). The minimum absolute atomic E-state index is 0.153. The van der Waals surface area contributed by atoms with Crippen molar-refractivity contribution in [1.82, 2.24) is 0 Å². The zero-order valence-corrected chi connectivity index (χ0v) is 14.7. The molecule has 0 aliphatic rings. The van der Waals surface area contributed by atoms with Gasteiger partial charge in [0.1, 0.15) is 5.75 Å². The third-order valence-corrected chi connectivity index (χ3v) is 3.40. The van der Waals surface area contributed by atoms with E-state index in [1.807, 2.05) is 6.07 Å². The molecule has 27 heavy (non-hydrogen) atoms. The molecule has 2 aromatic carbocycles. The number of carbonyl (C=O) groups excluding carboxylic acids is 1. The summed E-state index contributed by atoms with van der Waals surface area (Å²) in [7, 11) is 1.34. The lowest BCUT2D eigenvalue weighted by Gasteiger charge is -2.13. The lowest BCUT2D eigenvalue weighted by molar-refractivity contribution is -0.384. The molecule has 0 atom stereocenters. The molecule has 140 valence electrons. The first-order valence-corrected chi connectivity index (χ1v) is 7.90. The summed E-state index contributed by atoms with van der Waals surface area (Å²) in [4.78, 5) is 22.4. The zero-order valence-electron chi connectivity index (χ0n) is 14.7. The number of anilines is 1. The Hall–Kier alpha value is -3.80. The Bertz CT molecular complexity index is 891. The second kappa shape index (κ2) is 9.05. The smallest absolute Gasteiger partial charge is 0.273 e. The van der Waals surface area contributed by atoms with Crippen molar-refractivity contribution < 1.29 is 23.9 Å². The first-order valence-electron chi connectivity index (χ1n) is 7.90. The molecule has 0 saturated carbocycles. The quantitative estimate of drug-likeness (QED) is 0.559. The molecule has 0 spiro atoms. The fourth-order valence-electron chi connectivity index (χ4n) is 2.19. The van der Waals surface area contributed by atoms with E-state index >= 15 is 0 Å². The number of amides is 1. The number of nitro groups is 1. The van der Waals surface area contributed by atoms with E-state index in [-0.39, 0.29) is 23.7 Å². The summed E-state index contributed by atoms with van der Waals surface area (Å²) in [5.74, 6) is 0.346. The number of rotatable bonds is 8. The maximum atomic E-state index is 12.1. The summed E-state index contributed by atoms with van der Waals surface area (Å²) in [5.41, 5.74) is 0.535. The summed E-state index contributed by atoms with van der Waals surface area (Å²) >= 11 is 0. The molecule has 0 aliphatic heterocycles. The van der Waals surface area contributed by atoms with Gasteiger partial charge < -0.3 is 19.5 Å². The van der Waals surface area contributed by atoms with Gasteiger partial charge in [0.05, 0.1) is 42.0 Å². The normalized spacial score (nSPS) is 9.81. The van der Waals surface area contributed by atoms with Crippen molar-refractivity contribution in [2.75, 3.05) is 25.6 Å². The van der Waals surface area contributed by atoms with Crippen LogP contribution in [0.1, 0.15) is 12.5 Å². The SMILES string of the molecule is CCOc1cc(C#N)ccc1OCC(=O)Nc1ccc([N+](=O)[O-])cc1OC. The number of ether oxygens (including phenoxy) is 3. The van der Waals surface area contributed by atoms with Crippen LogP contribution in [0.25, 0.3) is 0 Å². The standard InChI is InChI=1S/C18H17N3O6/c1-3-26-17-8-12(10-19)4-7-15(17)27-11-18(22)20-14-6-5-13(21(23)24)9-16(14)25-2/h4-9H,3,11H2,1-2H3,(H,20,22). The second-order valence-electron chi connectivity index (χ2n) is 5.18. The van der Waals surface area contributed by atoms with E-state index in [1.165, 1.54) is 31.4 Å². The van der Waals surface area contributed by atoms with Crippen molar-refractivity contribution in [3.8, 4) is 23.3 Å².